The third-order valence-corrected chi connectivity index (χ3v) is 24.7. The van der Waals surface area contributed by atoms with Crippen LogP contribution in [0.15, 0.2) is 115 Å². The van der Waals surface area contributed by atoms with Crippen LogP contribution in [0.4, 0.5) is 0 Å². The molecule has 0 radical (unpaired) electrons. The van der Waals surface area contributed by atoms with Gasteiger partial charge in [-0.3, -0.25) is 38.4 Å². The van der Waals surface area contributed by atoms with Crippen molar-refractivity contribution in [1.82, 2.24) is 52.8 Å². The van der Waals surface area contributed by atoms with Crippen molar-refractivity contribution in [2.24, 2.45) is 17.4 Å². The van der Waals surface area contributed by atoms with E-state index in [9.17, 15) is 75.7 Å². The molecular formula is C92H110Cl2N12O28. The summed E-state index contributed by atoms with van der Waals surface area (Å²) >= 11 is 14.4. The molecule has 15 rings (SSSR count). The molecule has 25 N–H and O–H groups in total. The van der Waals surface area contributed by atoms with Gasteiger partial charge in [-0.25, -0.2) is 4.79 Å². The number of nitrogens with one attached hydrogen (secondary N) is 9. The quantitative estimate of drug-likeness (QED) is 0.0311. The number of fused-ring (bicyclic) bond motifs is 14. The molecule has 7 aromatic rings. The third kappa shape index (κ3) is 23.2. The number of hydrogen-bond donors (Lipinski definition) is 23. The number of nitrogens with zero attached hydrogens (tertiary/aromatic N) is 1. The first-order valence-electron chi connectivity index (χ1n) is 44.1. The number of ether oxygens (including phenoxy) is 7. The van der Waals surface area contributed by atoms with Gasteiger partial charge in [0.05, 0.1) is 16.7 Å². The summed E-state index contributed by atoms with van der Waals surface area (Å²) in [4.78, 5) is 141. The zero-order valence-electron chi connectivity index (χ0n) is 73.1. The van der Waals surface area contributed by atoms with Crippen LogP contribution in [0.25, 0.3) is 11.1 Å². The highest BCUT2D eigenvalue weighted by Crippen LogP contribution is 2.51. The summed E-state index contributed by atoms with van der Waals surface area (Å²) in [6, 6.07) is 5.55. The number of benzene rings is 7. The maximum Gasteiger partial charge on any atom is 0.335 e. The van der Waals surface area contributed by atoms with E-state index in [0.29, 0.717) is 69.9 Å². The fraction of sp³-hybridized carbons (Fsp3) is 0.446. The fourth-order valence-corrected chi connectivity index (χ4v) is 17.2. The first-order valence-corrected chi connectivity index (χ1v) is 44.8. The highest BCUT2D eigenvalue weighted by molar-refractivity contribution is 6.33. The molecule has 2 fully saturated rings. The van der Waals surface area contributed by atoms with Crippen LogP contribution < -0.4 is 83.0 Å². The maximum absolute atomic E-state index is 16.9. The molecule has 0 unspecified atom stereocenters. The molecule has 18 atom stereocenters. The zero-order chi connectivity index (χ0) is 96.2. The number of nitrogens with two attached hydrogens (primary N) is 2. The van der Waals surface area contributed by atoms with Gasteiger partial charge in [0.1, 0.15) is 131 Å². The molecule has 40 nitrogen and oxygen atoms in total. The number of rotatable bonds is 28. The number of likely N-dealkylation sites (N-methyl/N-ethyl adjacent to an activating group) is 1. The van der Waals surface area contributed by atoms with Gasteiger partial charge in [-0.15, -0.1) is 0 Å². The highest BCUT2D eigenvalue weighted by Gasteiger charge is 2.52. The average molecular weight is 1900 g/mol. The Morgan fingerprint density at radius 3 is 1.87 bits per heavy atom. The number of halogens is 2. The summed E-state index contributed by atoms with van der Waals surface area (Å²) in [5.74, 6) is -17.6. The topological polar surface area (TPSA) is 625 Å². The van der Waals surface area contributed by atoms with E-state index in [-0.39, 0.29) is 47.8 Å². The van der Waals surface area contributed by atoms with Crippen molar-refractivity contribution >= 4 is 76.4 Å². The SMILES string of the molecule is CN[C@H]1C(=O)N[C@@H]2Cc3ccc(cc3)Oc3cc4cc(c3O[C@@H]3O[C@H](C(=O)O)[C@@H](O)[C@H](O)[C@H]3NC(=O)CCCCCCCCC(C)C)Oc3ccc(cc3Cl)[C@@H](O)[C@@H]3NC(=O)[C@H](NC(=O)[C@@H]4NC(=O)[C@@H](NC2=O)c2cc(cc(O)c2Cl)Oc2cc1ccc2O)c1ccc(O)c(c1)-c1c(O[C@H]2O[C@H](CO)[C@@H](O)[C@H](O)[C@@H]2O)cc(O)cc1[C@H](C(=O)NCCCN(CCCN)CCCN)NC3=O. The summed E-state index contributed by atoms with van der Waals surface area (Å²) < 4.78 is 44.7. The first-order chi connectivity index (χ1) is 64.1. The van der Waals surface area contributed by atoms with Gasteiger partial charge in [0.15, 0.2) is 29.1 Å². The lowest BCUT2D eigenvalue weighted by Crippen LogP contribution is -2.66. The lowest BCUT2D eigenvalue weighted by atomic mass is 9.89. The summed E-state index contributed by atoms with van der Waals surface area (Å²) in [5.41, 5.74) is 9.02. The molecule has 7 aromatic carbocycles. The Labute approximate surface area is 778 Å². The number of phenols is 4. The van der Waals surface area contributed by atoms with Crippen LogP contribution in [0.1, 0.15) is 160 Å². The zero-order valence-corrected chi connectivity index (χ0v) is 74.6. The van der Waals surface area contributed by atoms with Gasteiger partial charge >= 0.3 is 5.97 Å². The third-order valence-electron chi connectivity index (χ3n) is 24.0. The second-order valence-corrected chi connectivity index (χ2v) is 34.8. The van der Waals surface area contributed by atoms with Crippen molar-refractivity contribution in [3.05, 3.63) is 164 Å². The van der Waals surface area contributed by atoms with E-state index >= 15 is 28.8 Å². The number of aliphatic hydroxyl groups is 7. The van der Waals surface area contributed by atoms with E-state index in [1.165, 1.54) is 49.5 Å². The van der Waals surface area contributed by atoms with Crippen molar-refractivity contribution in [3.63, 3.8) is 0 Å². The van der Waals surface area contributed by atoms with Gasteiger partial charge in [0.2, 0.25) is 65.6 Å². The van der Waals surface area contributed by atoms with E-state index in [1.807, 2.05) is 0 Å². The van der Waals surface area contributed by atoms with Gasteiger partial charge in [-0.05, 0) is 178 Å². The van der Waals surface area contributed by atoms with Crippen LogP contribution in [-0.2, 0) is 59.0 Å². The highest BCUT2D eigenvalue weighted by atomic mass is 35.5. The summed E-state index contributed by atoms with van der Waals surface area (Å²) in [7, 11) is 1.43. The lowest BCUT2D eigenvalue weighted by molar-refractivity contribution is -0.277. The van der Waals surface area contributed by atoms with E-state index in [2.05, 4.69) is 66.6 Å². The molecule has 8 amide bonds. The van der Waals surface area contributed by atoms with E-state index in [1.54, 1.807) is 0 Å². The molecule has 2 saturated heterocycles. The standard InChI is InChI=1S/C92H110Cl2N12O28/c1-42(2)13-8-6-4-5-7-9-14-65(112)100-74-77(115)79(117)82(90(126)127)134-91(74)133-81-62-35-47-36-63(81)130-59-24-19-46(33-54(59)93)75(113)73-89(125)104-71(84(120)98-27-12-30-106(28-10-25-95)29-11-26-96)52-37-48(108)38-61(131-92-80(118)78(116)76(114)64(41-107)132-92)66(52)51-32-44(17-22-56(51)109)69(86(122)105-73)101-87(123)70(47)102-88(124)72-53-39-50(40-58(111)67(53)94)129-60-34-45(18-23-57(60)110)68(97-3)85(121)99-55(83(119)103-72)31-43-15-20-49(128-62)21-16-43/h15-24,32-40,42,55,64,68-80,82,91-92,97,107-111,113-118H,4-14,25-31,41,95-96H2,1-3H3,(H,98,120)(H,99,121)(H,100,112)(H,101,123)(H,102,124)(H,103,119)(H,104,125)(H,105,122)(H,126,127)/t55-,64-,68-,69-,70-,71-,72+,73+,74-,75-,76-,77-,78+,79+,80+,82+,91-,92+/m1/s1. The van der Waals surface area contributed by atoms with E-state index in [0.717, 1.165) is 105 Å². The molecule has 42 heteroatoms. The molecule has 0 saturated carbocycles. The predicted octanol–water partition coefficient (Wildman–Crippen LogP) is 3.61. The van der Waals surface area contributed by atoms with Crippen LogP contribution >= 0.6 is 23.2 Å². The van der Waals surface area contributed by atoms with Crippen LogP contribution in [-0.4, -0.2) is 246 Å². The van der Waals surface area contributed by atoms with E-state index < -0.39 is 271 Å². The molecule has 8 aliphatic heterocycles. The smallest absolute Gasteiger partial charge is 0.335 e. The molecule has 0 aliphatic carbocycles. The van der Waals surface area contributed by atoms with Crippen molar-refractivity contribution in [1.29, 1.82) is 0 Å². The molecule has 0 aromatic heterocycles. The van der Waals surface area contributed by atoms with Crippen LogP contribution in [0.5, 0.6) is 69.0 Å². The number of phenolic OH excluding ortho intramolecular Hbond substituents is 4. The number of amides is 8. The second-order valence-electron chi connectivity index (χ2n) is 34.0. The molecule has 8 aliphatic rings. The summed E-state index contributed by atoms with van der Waals surface area (Å²) in [5, 5.41) is 162. The normalized spacial score (nSPS) is 25.2. The van der Waals surface area contributed by atoms with Crippen LogP contribution in [0.3, 0.4) is 0 Å². The Morgan fingerprint density at radius 2 is 1.19 bits per heavy atom. The van der Waals surface area contributed by atoms with Crippen molar-refractivity contribution < 1.29 is 138 Å². The van der Waals surface area contributed by atoms with Crippen LogP contribution in [0.2, 0.25) is 10.0 Å². The number of carbonyl (C=O) groups excluding carboxylic acids is 8. The van der Waals surface area contributed by atoms with Gasteiger partial charge in [-0.1, -0.05) is 106 Å². The van der Waals surface area contributed by atoms with Crippen molar-refractivity contribution in [2.75, 3.05) is 52.9 Å². The number of aromatic hydroxyl groups is 4. The average Bonchev–Trinajstić information content (AvgIpc) is 0.756. The fourth-order valence-electron chi connectivity index (χ4n) is 16.8. The second kappa shape index (κ2) is 44.5. The van der Waals surface area contributed by atoms with E-state index in [4.69, 9.17) is 67.8 Å². The Hall–Kier alpha value is -12.0. The Kier molecular flexibility index (Phi) is 33.0. The summed E-state index contributed by atoms with van der Waals surface area (Å²) in [6.45, 7) is 5.37. The Bertz CT molecular complexity index is 5460. The van der Waals surface area contributed by atoms with Gasteiger partial charge in [-0.2, -0.15) is 0 Å². The number of carboxylic acids is 1. The number of aliphatic hydroxyl groups excluding tert-OH is 7. The number of carbonyl (C=O) groups is 9. The minimum atomic E-state index is -2.46. The molecular weight excluding hydrogens is 1790 g/mol. The molecule has 134 heavy (non-hydrogen) atoms. The Morgan fingerprint density at radius 1 is 0.552 bits per heavy atom. The number of aliphatic carboxylic acids is 1. The predicted molar refractivity (Wildman–Crippen MR) is 477 cm³/mol. The molecule has 8 heterocycles. The number of carboxylic acid groups (broad SMARTS) is 1. The molecule has 17 bridgehead atoms. The number of hydrogen-bond acceptors (Lipinski definition) is 31. The minimum Gasteiger partial charge on any atom is -0.508 e. The molecule has 720 valence electrons. The van der Waals surface area contributed by atoms with Crippen molar-refractivity contribution in [2.45, 2.75) is 201 Å². The Balaban J connectivity index is 1.03. The first kappa shape index (κ1) is 99.5. The lowest BCUT2D eigenvalue weighted by Gasteiger charge is -2.41. The van der Waals surface area contributed by atoms with Crippen molar-refractivity contribution in [3.8, 4) is 80.1 Å². The van der Waals surface area contributed by atoms with Crippen LogP contribution in [0, 0.1) is 5.92 Å². The number of unbranched alkanes of at least 4 members (excludes halogenated alkanes) is 5. The summed E-state index contributed by atoms with van der Waals surface area (Å²) in [6.07, 6.45) is -14.8. The van der Waals surface area contributed by atoms with Gasteiger partial charge in [0.25, 0.3) is 0 Å². The monoisotopic (exact) mass is 1900 g/mol. The maximum atomic E-state index is 16.9. The van der Waals surface area contributed by atoms with Gasteiger partial charge < -0.3 is 159 Å². The largest absolute Gasteiger partial charge is 0.508 e. The van der Waals surface area contributed by atoms with Gasteiger partial charge in [0, 0.05) is 48.2 Å². The molecule has 0 spiro atoms. The minimum absolute atomic E-state index is 0.132.